The van der Waals surface area contributed by atoms with Gasteiger partial charge in [-0.1, -0.05) is 12.1 Å². The molecule has 3 aromatic rings. The molecule has 1 aromatic heterocycles. The van der Waals surface area contributed by atoms with Crippen LogP contribution >= 0.6 is 0 Å². The van der Waals surface area contributed by atoms with E-state index in [0.29, 0.717) is 5.56 Å². The smallest absolute Gasteiger partial charge is 0.337 e. The van der Waals surface area contributed by atoms with Crippen molar-refractivity contribution in [2.75, 3.05) is 14.2 Å². The van der Waals surface area contributed by atoms with E-state index in [2.05, 4.69) is 14.9 Å². The van der Waals surface area contributed by atoms with Crippen LogP contribution in [0.1, 0.15) is 10.4 Å². The Morgan fingerprint density at radius 2 is 1.25 bits per heavy atom. The van der Waals surface area contributed by atoms with Crippen LogP contribution in [-0.2, 0) is 4.74 Å². The zero-order valence-corrected chi connectivity index (χ0v) is 13.4. The fourth-order valence-corrected chi connectivity index (χ4v) is 2.30. The molecule has 0 atom stereocenters. The first-order chi connectivity index (χ1) is 11.7. The lowest BCUT2D eigenvalue weighted by Gasteiger charge is -2.05. The molecule has 0 unspecified atom stereocenters. The number of hydrogen-bond donors (Lipinski definition) is 0. The van der Waals surface area contributed by atoms with Gasteiger partial charge in [0, 0.05) is 11.1 Å². The molecule has 0 aliphatic rings. The molecule has 120 valence electrons. The molecule has 0 saturated carbocycles. The molecule has 0 spiro atoms. The number of rotatable bonds is 4. The van der Waals surface area contributed by atoms with Gasteiger partial charge in [0.2, 0.25) is 0 Å². The molecule has 1 heterocycles. The zero-order valence-electron chi connectivity index (χ0n) is 13.4. The molecule has 0 radical (unpaired) electrons. The lowest BCUT2D eigenvalue weighted by Crippen LogP contribution is -2.00. The first-order valence-electron chi connectivity index (χ1n) is 7.38. The Morgan fingerprint density at radius 3 is 1.67 bits per heavy atom. The van der Waals surface area contributed by atoms with E-state index in [1.165, 1.54) is 7.11 Å². The monoisotopic (exact) mass is 320 g/mol. The highest BCUT2D eigenvalue weighted by Gasteiger charge is 2.07. The highest BCUT2D eigenvalue weighted by atomic mass is 16.5. The van der Waals surface area contributed by atoms with Crippen LogP contribution in [-0.4, -0.2) is 30.4 Å². The second-order valence-electron chi connectivity index (χ2n) is 5.10. The number of ether oxygens (including phenoxy) is 2. The number of aromatic nitrogens is 2. The third-order valence-corrected chi connectivity index (χ3v) is 3.65. The minimum absolute atomic E-state index is 0.359. The molecule has 0 aliphatic carbocycles. The number of carbonyl (C=O) groups is 1. The van der Waals surface area contributed by atoms with Crippen LogP contribution in [0, 0.1) is 0 Å². The first kappa shape index (κ1) is 15.7. The van der Waals surface area contributed by atoms with Gasteiger partial charge in [0.25, 0.3) is 0 Å². The number of esters is 1. The number of carbonyl (C=O) groups excluding carboxylic acids is 1. The van der Waals surface area contributed by atoms with Crippen molar-refractivity contribution < 1.29 is 14.3 Å². The second kappa shape index (κ2) is 6.91. The molecular formula is C19H16N2O3. The molecule has 3 rings (SSSR count). The molecule has 0 bridgehead atoms. The van der Waals surface area contributed by atoms with Crippen molar-refractivity contribution in [3.05, 3.63) is 66.2 Å². The van der Waals surface area contributed by atoms with E-state index < -0.39 is 0 Å². The van der Waals surface area contributed by atoms with Gasteiger partial charge in [0.15, 0.2) is 0 Å². The van der Waals surface area contributed by atoms with Gasteiger partial charge in [-0.2, -0.15) is 0 Å². The van der Waals surface area contributed by atoms with Crippen LogP contribution in [0.2, 0.25) is 0 Å². The third-order valence-electron chi connectivity index (χ3n) is 3.65. The average Bonchev–Trinajstić information content (AvgIpc) is 2.68. The van der Waals surface area contributed by atoms with Crippen LogP contribution in [0.5, 0.6) is 5.75 Å². The Hall–Kier alpha value is -3.21. The normalized spacial score (nSPS) is 10.2. The number of methoxy groups -OCH3 is 2. The van der Waals surface area contributed by atoms with Crippen molar-refractivity contribution in [1.82, 2.24) is 10.2 Å². The number of hydrogen-bond acceptors (Lipinski definition) is 5. The lowest BCUT2D eigenvalue weighted by atomic mass is 10.1. The quantitative estimate of drug-likeness (QED) is 0.687. The van der Waals surface area contributed by atoms with Crippen LogP contribution in [0.3, 0.4) is 0 Å². The van der Waals surface area contributed by atoms with Gasteiger partial charge in [-0.05, 0) is 48.5 Å². The van der Waals surface area contributed by atoms with Gasteiger partial charge >= 0.3 is 5.97 Å². The van der Waals surface area contributed by atoms with E-state index in [1.807, 2.05) is 48.5 Å². The van der Waals surface area contributed by atoms with Crippen LogP contribution < -0.4 is 4.74 Å². The largest absolute Gasteiger partial charge is 0.497 e. The lowest BCUT2D eigenvalue weighted by molar-refractivity contribution is 0.0601. The predicted molar refractivity (Wildman–Crippen MR) is 90.8 cm³/mol. The highest BCUT2D eigenvalue weighted by molar-refractivity contribution is 5.89. The Labute approximate surface area is 139 Å². The summed E-state index contributed by atoms with van der Waals surface area (Å²) >= 11 is 0. The molecular weight excluding hydrogens is 304 g/mol. The number of nitrogens with zero attached hydrogens (tertiary/aromatic N) is 2. The molecule has 0 N–H and O–H groups in total. The molecule has 0 amide bonds. The fourth-order valence-electron chi connectivity index (χ4n) is 2.30. The Morgan fingerprint density at radius 1 is 0.750 bits per heavy atom. The minimum atomic E-state index is -0.359. The SMILES string of the molecule is COC(=O)c1ccc(-c2ccc(-c3ccc(OC)cc3)nn2)cc1. The van der Waals surface area contributed by atoms with Gasteiger partial charge in [-0.15, -0.1) is 10.2 Å². The van der Waals surface area contributed by atoms with Crippen LogP contribution in [0.4, 0.5) is 0 Å². The van der Waals surface area contributed by atoms with Gasteiger partial charge in [0.05, 0.1) is 31.2 Å². The zero-order chi connectivity index (χ0) is 16.9. The van der Waals surface area contributed by atoms with Crippen LogP contribution in [0.15, 0.2) is 60.7 Å². The summed E-state index contributed by atoms with van der Waals surface area (Å²) in [6, 6.07) is 18.5. The molecule has 24 heavy (non-hydrogen) atoms. The summed E-state index contributed by atoms with van der Waals surface area (Å²) in [5.41, 5.74) is 3.88. The maximum Gasteiger partial charge on any atom is 0.337 e. The van der Waals surface area contributed by atoms with Gasteiger partial charge in [-0.3, -0.25) is 0 Å². The summed E-state index contributed by atoms with van der Waals surface area (Å²) in [5, 5.41) is 8.54. The molecule has 0 aliphatic heterocycles. The van der Waals surface area contributed by atoms with E-state index in [1.54, 1.807) is 19.2 Å². The summed E-state index contributed by atoms with van der Waals surface area (Å²) < 4.78 is 9.83. The number of benzene rings is 2. The Kier molecular flexibility index (Phi) is 4.52. The van der Waals surface area contributed by atoms with Crippen molar-refractivity contribution in [2.24, 2.45) is 0 Å². The molecule has 0 fully saturated rings. The molecule has 5 nitrogen and oxygen atoms in total. The fraction of sp³-hybridized carbons (Fsp3) is 0.105. The standard InChI is InChI=1S/C19H16N2O3/c1-23-16-9-7-14(8-10-16)18-12-11-17(20-21-18)13-3-5-15(6-4-13)19(22)24-2/h3-12H,1-2H3. The maximum atomic E-state index is 11.4. The predicted octanol–water partition coefficient (Wildman–Crippen LogP) is 3.61. The van der Waals surface area contributed by atoms with Crippen molar-refractivity contribution in [1.29, 1.82) is 0 Å². The van der Waals surface area contributed by atoms with Crippen molar-refractivity contribution in [2.45, 2.75) is 0 Å². The van der Waals surface area contributed by atoms with Crippen molar-refractivity contribution in [3.63, 3.8) is 0 Å². The Balaban J connectivity index is 1.82. The summed E-state index contributed by atoms with van der Waals surface area (Å²) in [6.45, 7) is 0. The topological polar surface area (TPSA) is 61.3 Å². The van der Waals surface area contributed by atoms with E-state index in [-0.39, 0.29) is 5.97 Å². The van der Waals surface area contributed by atoms with E-state index in [0.717, 1.165) is 28.3 Å². The maximum absolute atomic E-state index is 11.4. The molecule has 5 heteroatoms. The second-order valence-corrected chi connectivity index (χ2v) is 5.10. The summed E-state index contributed by atoms with van der Waals surface area (Å²) in [6.07, 6.45) is 0. The third kappa shape index (κ3) is 3.25. The minimum Gasteiger partial charge on any atom is -0.497 e. The first-order valence-corrected chi connectivity index (χ1v) is 7.38. The van der Waals surface area contributed by atoms with Crippen LogP contribution in [0.25, 0.3) is 22.5 Å². The van der Waals surface area contributed by atoms with E-state index in [9.17, 15) is 4.79 Å². The summed E-state index contributed by atoms with van der Waals surface area (Å²) in [5.74, 6) is 0.441. The molecule has 0 saturated heterocycles. The molecule has 2 aromatic carbocycles. The highest BCUT2D eigenvalue weighted by Crippen LogP contribution is 2.23. The van der Waals surface area contributed by atoms with Gasteiger partial charge < -0.3 is 9.47 Å². The Bertz CT molecular complexity index is 826. The summed E-state index contributed by atoms with van der Waals surface area (Å²) in [7, 11) is 2.99. The van der Waals surface area contributed by atoms with Crippen molar-refractivity contribution in [3.8, 4) is 28.3 Å². The van der Waals surface area contributed by atoms with Crippen molar-refractivity contribution >= 4 is 5.97 Å². The average molecular weight is 320 g/mol. The van der Waals surface area contributed by atoms with E-state index >= 15 is 0 Å². The van der Waals surface area contributed by atoms with Gasteiger partial charge in [0.1, 0.15) is 5.75 Å². The summed E-state index contributed by atoms with van der Waals surface area (Å²) in [4.78, 5) is 11.4. The van der Waals surface area contributed by atoms with E-state index in [4.69, 9.17) is 4.74 Å². The van der Waals surface area contributed by atoms with Gasteiger partial charge in [-0.25, -0.2) is 4.79 Å².